The van der Waals surface area contributed by atoms with Crippen LogP contribution in [0.15, 0.2) is 0 Å². The summed E-state index contributed by atoms with van der Waals surface area (Å²) in [5.41, 5.74) is 0. The maximum Gasteiger partial charge on any atom is 0.397 e. The molecule has 0 amide bonds. The molecule has 2 aliphatic heterocycles. The standard InChI is InChI=1S/C13H24O14S2/c1-5-4-23-13(11(7(5)14)27-29(19,20)21)25-9-6(2)24-12(22-3)8(15)10(9)26-28(16,17)18/h5-15H,4H2,1-3H3,(H,16,17,18)(H,19,20,21)/t5-,6?,7+,8+,9+,10+,11-,12?,13+/m1/s1. The number of aliphatic hydroxyl groups is 2. The molecule has 0 bridgehead atoms. The van der Waals surface area contributed by atoms with Gasteiger partial charge in [0.15, 0.2) is 18.7 Å². The van der Waals surface area contributed by atoms with Crippen molar-refractivity contribution < 1.29 is 63.5 Å². The Balaban J connectivity index is 2.30. The third-order valence-electron chi connectivity index (χ3n) is 4.45. The zero-order chi connectivity index (χ0) is 22.1. The first-order chi connectivity index (χ1) is 13.2. The maximum absolute atomic E-state index is 11.2. The molecule has 2 saturated heterocycles. The summed E-state index contributed by atoms with van der Waals surface area (Å²) in [5, 5.41) is 20.5. The van der Waals surface area contributed by atoms with E-state index in [2.05, 4.69) is 8.37 Å². The number of aliphatic hydroxyl groups excluding tert-OH is 2. The van der Waals surface area contributed by atoms with Crippen molar-refractivity contribution >= 4 is 20.8 Å². The van der Waals surface area contributed by atoms with E-state index in [1.165, 1.54) is 21.0 Å². The molecule has 0 saturated carbocycles. The van der Waals surface area contributed by atoms with Crippen LogP contribution in [0.1, 0.15) is 13.8 Å². The van der Waals surface area contributed by atoms with E-state index in [9.17, 15) is 27.0 Å². The molecule has 14 nitrogen and oxygen atoms in total. The molecule has 172 valence electrons. The molecule has 2 unspecified atom stereocenters. The van der Waals surface area contributed by atoms with Gasteiger partial charge in [0.1, 0.15) is 18.3 Å². The topological polar surface area (TPSA) is 205 Å². The number of hydrogen-bond donors (Lipinski definition) is 4. The predicted molar refractivity (Wildman–Crippen MR) is 90.0 cm³/mol. The summed E-state index contributed by atoms with van der Waals surface area (Å²) in [6.45, 7) is 2.81. The zero-order valence-electron chi connectivity index (χ0n) is 15.6. The van der Waals surface area contributed by atoms with E-state index in [1.807, 2.05) is 0 Å². The number of hydrogen-bond acceptors (Lipinski definition) is 12. The molecule has 4 N–H and O–H groups in total. The molecular weight excluding hydrogens is 444 g/mol. The highest BCUT2D eigenvalue weighted by Gasteiger charge is 2.51. The first-order valence-corrected chi connectivity index (χ1v) is 11.1. The molecule has 0 radical (unpaired) electrons. The van der Waals surface area contributed by atoms with Crippen LogP contribution in [0.4, 0.5) is 0 Å². The molecule has 2 heterocycles. The van der Waals surface area contributed by atoms with E-state index in [0.717, 1.165) is 0 Å². The minimum absolute atomic E-state index is 0.105. The second-order valence-electron chi connectivity index (χ2n) is 6.68. The fourth-order valence-corrected chi connectivity index (χ4v) is 4.05. The van der Waals surface area contributed by atoms with Gasteiger partial charge in [0.05, 0.1) is 18.8 Å². The molecule has 0 spiro atoms. The lowest BCUT2D eigenvalue weighted by molar-refractivity contribution is -0.332. The summed E-state index contributed by atoms with van der Waals surface area (Å²) in [4.78, 5) is 0. The van der Waals surface area contributed by atoms with E-state index in [-0.39, 0.29) is 6.61 Å². The fourth-order valence-electron chi connectivity index (χ4n) is 3.06. The van der Waals surface area contributed by atoms with Crippen molar-refractivity contribution in [1.82, 2.24) is 0 Å². The van der Waals surface area contributed by atoms with Gasteiger partial charge in [-0.2, -0.15) is 16.8 Å². The van der Waals surface area contributed by atoms with Crippen LogP contribution in [0.3, 0.4) is 0 Å². The lowest BCUT2D eigenvalue weighted by atomic mass is 9.96. The molecule has 29 heavy (non-hydrogen) atoms. The average Bonchev–Trinajstić information content (AvgIpc) is 2.57. The highest BCUT2D eigenvalue weighted by Crippen LogP contribution is 2.32. The highest BCUT2D eigenvalue weighted by atomic mass is 32.3. The first-order valence-electron chi connectivity index (χ1n) is 8.36. The van der Waals surface area contributed by atoms with Gasteiger partial charge in [-0.25, -0.2) is 8.37 Å². The van der Waals surface area contributed by atoms with Gasteiger partial charge in [-0.3, -0.25) is 9.11 Å². The second-order valence-corrected chi connectivity index (χ2v) is 8.78. The van der Waals surface area contributed by atoms with Crippen LogP contribution in [-0.2, 0) is 48.1 Å². The SMILES string of the molecule is COC1OC(C)[C@H](O[C@@H]2OC[C@@H](C)[C@H](O)[C@H]2OS(=O)(=O)O)[C@@H](OS(=O)(=O)O)[C@@H]1O. The smallest absolute Gasteiger partial charge is 0.390 e. The van der Waals surface area contributed by atoms with Crippen LogP contribution in [-0.4, -0.2) is 99.1 Å². The van der Waals surface area contributed by atoms with Crippen molar-refractivity contribution in [2.45, 2.75) is 63.1 Å². The Morgan fingerprint density at radius 2 is 1.41 bits per heavy atom. The largest absolute Gasteiger partial charge is 0.397 e. The van der Waals surface area contributed by atoms with Gasteiger partial charge < -0.3 is 29.2 Å². The minimum atomic E-state index is -5.06. The summed E-state index contributed by atoms with van der Waals surface area (Å²) in [6.07, 6.45) is -12.2. The maximum atomic E-state index is 11.2. The number of methoxy groups -OCH3 is 1. The lowest BCUT2D eigenvalue weighted by Crippen LogP contribution is -2.62. The third kappa shape index (κ3) is 6.49. The first kappa shape index (κ1) is 24.8. The molecule has 0 aliphatic carbocycles. The van der Waals surface area contributed by atoms with Crippen LogP contribution in [0, 0.1) is 5.92 Å². The molecule has 2 fully saturated rings. The van der Waals surface area contributed by atoms with Crippen molar-refractivity contribution in [2.24, 2.45) is 5.92 Å². The van der Waals surface area contributed by atoms with Crippen LogP contribution in [0.25, 0.3) is 0 Å². The van der Waals surface area contributed by atoms with E-state index in [1.54, 1.807) is 0 Å². The zero-order valence-corrected chi connectivity index (χ0v) is 17.2. The molecular formula is C13H24O14S2. The normalized spacial score (nSPS) is 42.0. The van der Waals surface area contributed by atoms with Gasteiger partial charge >= 0.3 is 20.8 Å². The average molecular weight is 468 g/mol. The van der Waals surface area contributed by atoms with Crippen molar-refractivity contribution in [2.75, 3.05) is 13.7 Å². The highest BCUT2D eigenvalue weighted by molar-refractivity contribution is 7.81. The van der Waals surface area contributed by atoms with Crippen molar-refractivity contribution in [3.05, 3.63) is 0 Å². The molecule has 0 aromatic rings. The summed E-state index contributed by atoms with van der Waals surface area (Å²) in [5.74, 6) is -0.602. The summed E-state index contributed by atoms with van der Waals surface area (Å²) in [7, 11) is -8.91. The van der Waals surface area contributed by atoms with Gasteiger partial charge in [0.2, 0.25) is 0 Å². The van der Waals surface area contributed by atoms with E-state index < -0.39 is 75.9 Å². The molecule has 9 atom stereocenters. The minimum Gasteiger partial charge on any atom is -0.390 e. The fraction of sp³-hybridized carbons (Fsp3) is 1.00. The summed E-state index contributed by atoms with van der Waals surface area (Å²) >= 11 is 0. The van der Waals surface area contributed by atoms with Gasteiger partial charge in [-0.1, -0.05) is 6.92 Å². The third-order valence-corrected chi connectivity index (χ3v) is 5.38. The van der Waals surface area contributed by atoms with Crippen molar-refractivity contribution in [3.63, 3.8) is 0 Å². The van der Waals surface area contributed by atoms with Gasteiger partial charge in [0.25, 0.3) is 0 Å². The van der Waals surface area contributed by atoms with Crippen LogP contribution < -0.4 is 0 Å². The van der Waals surface area contributed by atoms with E-state index >= 15 is 0 Å². The van der Waals surface area contributed by atoms with Gasteiger partial charge in [-0.15, -0.1) is 0 Å². The molecule has 0 aromatic carbocycles. The molecule has 2 aliphatic rings. The second kappa shape index (κ2) is 9.33. The Kier molecular flexibility index (Phi) is 7.97. The summed E-state index contributed by atoms with van der Waals surface area (Å²) in [6, 6.07) is 0. The quantitative estimate of drug-likeness (QED) is 0.294. The van der Waals surface area contributed by atoms with Crippen LogP contribution >= 0.6 is 0 Å². The Morgan fingerprint density at radius 3 is 1.93 bits per heavy atom. The Labute approximate surface area is 167 Å². The predicted octanol–water partition coefficient (Wildman–Crippen LogP) is -2.15. The Hall–Kier alpha value is -0.500. The number of rotatable bonds is 7. The summed E-state index contributed by atoms with van der Waals surface area (Å²) < 4.78 is 92.7. The Bertz CT molecular complexity index is 753. The van der Waals surface area contributed by atoms with Crippen LogP contribution in [0.2, 0.25) is 0 Å². The van der Waals surface area contributed by atoms with Gasteiger partial charge in [-0.05, 0) is 6.92 Å². The van der Waals surface area contributed by atoms with Crippen molar-refractivity contribution in [1.29, 1.82) is 0 Å². The van der Waals surface area contributed by atoms with E-state index in [4.69, 9.17) is 28.1 Å². The monoisotopic (exact) mass is 468 g/mol. The van der Waals surface area contributed by atoms with Gasteiger partial charge in [0, 0.05) is 13.0 Å². The molecule has 0 aromatic heterocycles. The molecule has 2 rings (SSSR count). The Morgan fingerprint density at radius 1 is 0.862 bits per heavy atom. The van der Waals surface area contributed by atoms with Crippen LogP contribution in [0.5, 0.6) is 0 Å². The van der Waals surface area contributed by atoms with E-state index in [0.29, 0.717) is 0 Å². The number of ether oxygens (including phenoxy) is 4. The molecule has 16 heteroatoms. The van der Waals surface area contributed by atoms with Crippen molar-refractivity contribution in [3.8, 4) is 0 Å². The lowest BCUT2D eigenvalue weighted by Gasteiger charge is -2.45.